The number of aromatic nitrogens is 2. The van der Waals surface area contributed by atoms with Crippen LogP contribution < -0.4 is 11.5 Å². The van der Waals surface area contributed by atoms with E-state index in [9.17, 15) is 18.0 Å². The summed E-state index contributed by atoms with van der Waals surface area (Å²) in [6.07, 6.45) is -2.85. The number of carbonyl (C=O) groups excluding carboxylic acids is 1. The molecule has 166 valence electrons. The summed E-state index contributed by atoms with van der Waals surface area (Å²) < 4.78 is 41.3. The van der Waals surface area contributed by atoms with Crippen LogP contribution in [0.15, 0.2) is 30.5 Å². The number of rotatable bonds is 7. The van der Waals surface area contributed by atoms with Gasteiger partial charge in [-0.05, 0) is 37.1 Å². The maximum atomic E-state index is 13.1. The van der Waals surface area contributed by atoms with Crippen LogP contribution in [0, 0.1) is 0 Å². The fourth-order valence-corrected chi connectivity index (χ4v) is 5.15. The second-order valence-corrected chi connectivity index (χ2v) is 8.88. The molecule has 31 heavy (non-hydrogen) atoms. The van der Waals surface area contributed by atoms with Gasteiger partial charge in [-0.15, -0.1) is 11.3 Å². The van der Waals surface area contributed by atoms with E-state index in [-0.39, 0.29) is 22.2 Å². The van der Waals surface area contributed by atoms with Crippen LogP contribution in [-0.2, 0) is 19.1 Å². The Balaban J connectivity index is 2.16. The molecule has 3 rings (SSSR count). The van der Waals surface area contributed by atoms with Gasteiger partial charge >= 0.3 is 6.18 Å². The van der Waals surface area contributed by atoms with Gasteiger partial charge in [-0.2, -0.15) is 18.3 Å². The maximum absolute atomic E-state index is 13.1. The summed E-state index contributed by atoms with van der Waals surface area (Å²) in [5.74, 6) is -1.23. The van der Waals surface area contributed by atoms with Crippen molar-refractivity contribution in [2.24, 2.45) is 11.5 Å². The third-order valence-corrected chi connectivity index (χ3v) is 6.59. The Hall–Kier alpha value is -2.07. The lowest BCUT2D eigenvalue weighted by molar-refractivity contribution is -0.137. The summed E-state index contributed by atoms with van der Waals surface area (Å²) in [6, 6.07) is 5.00. The molecule has 0 bridgehead atoms. The highest BCUT2D eigenvalue weighted by molar-refractivity contribution is 7.18. The summed E-state index contributed by atoms with van der Waals surface area (Å²) in [5.41, 5.74) is 12.7. The number of thiophene rings is 1. The van der Waals surface area contributed by atoms with Crippen LogP contribution in [0.5, 0.6) is 0 Å². The van der Waals surface area contributed by atoms with Crippen LogP contribution in [0.25, 0.3) is 11.3 Å². The van der Waals surface area contributed by atoms with E-state index in [1.165, 1.54) is 12.3 Å². The predicted octanol–water partition coefficient (Wildman–Crippen LogP) is 5.34. The SMILES string of the molecule is CCn1ncc(Cl)c1-c1c(Cl)sc(C(N)=O)c1[C@@H](CN)Cc1cccc(C(F)(F)F)c1. The van der Waals surface area contributed by atoms with Gasteiger partial charge < -0.3 is 11.5 Å². The number of hydrogen-bond acceptors (Lipinski definition) is 4. The van der Waals surface area contributed by atoms with Crippen molar-refractivity contribution in [2.45, 2.75) is 32.0 Å². The van der Waals surface area contributed by atoms with Crippen molar-refractivity contribution in [1.82, 2.24) is 9.78 Å². The number of aryl methyl sites for hydroxylation is 1. The molecule has 0 aliphatic carbocycles. The Kier molecular flexibility index (Phi) is 7.00. The molecule has 0 spiro atoms. The zero-order valence-electron chi connectivity index (χ0n) is 16.3. The highest BCUT2D eigenvalue weighted by Gasteiger charge is 2.32. The van der Waals surface area contributed by atoms with E-state index in [0.29, 0.717) is 34.0 Å². The van der Waals surface area contributed by atoms with Gasteiger partial charge in [0.2, 0.25) is 0 Å². The van der Waals surface area contributed by atoms with E-state index in [1.807, 2.05) is 6.92 Å². The molecule has 11 heteroatoms. The fraction of sp³-hybridized carbons (Fsp3) is 0.300. The van der Waals surface area contributed by atoms with Gasteiger partial charge in [-0.25, -0.2) is 0 Å². The van der Waals surface area contributed by atoms with Crippen molar-refractivity contribution in [3.63, 3.8) is 0 Å². The molecule has 1 aromatic carbocycles. The summed E-state index contributed by atoms with van der Waals surface area (Å²) in [6.45, 7) is 2.40. The Labute approximate surface area is 190 Å². The zero-order valence-corrected chi connectivity index (χ0v) is 18.7. The van der Waals surface area contributed by atoms with Gasteiger partial charge in [-0.3, -0.25) is 9.48 Å². The number of nitrogens with zero attached hydrogens (tertiary/aromatic N) is 2. The Morgan fingerprint density at radius 1 is 1.32 bits per heavy atom. The first-order chi connectivity index (χ1) is 14.6. The summed E-state index contributed by atoms with van der Waals surface area (Å²) >= 11 is 13.8. The average Bonchev–Trinajstić information content (AvgIpc) is 3.24. The normalized spacial score (nSPS) is 12.9. The fourth-order valence-electron chi connectivity index (χ4n) is 3.52. The van der Waals surface area contributed by atoms with Gasteiger partial charge in [0, 0.05) is 18.0 Å². The lowest BCUT2D eigenvalue weighted by Crippen LogP contribution is -2.20. The largest absolute Gasteiger partial charge is 0.416 e. The van der Waals surface area contributed by atoms with Gasteiger partial charge in [0.1, 0.15) is 4.34 Å². The van der Waals surface area contributed by atoms with Crippen molar-refractivity contribution >= 4 is 40.4 Å². The quantitative estimate of drug-likeness (QED) is 0.468. The molecule has 1 atom stereocenters. The van der Waals surface area contributed by atoms with E-state index in [1.54, 1.807) is 10.7 Å². The molecule has 2 heterocycles. The predicted molar refractivity (Wildman–Crippen MR) is 117 cm³/mol. The highest BCUT2D eigenvalue weighted by Crippen LogP contribution is 2.46. The molecule has 3 aromatic rings. The van der Waals surface area contributed by atoms with E-state index in [4.69, 9.17) is 34.7 Å². The number of nitrogens with two attached hydrogens (primary N) is 2. The molecule has 5 nitrogen and oxygen atoms in total. The Morgan fingerprint density at radius 3 is 2.61 bits per heavy atom. The van der Waals surface area contributed by atoms with Crippen LogP contribution in [0.1, 0.15) is 39.2 Å². The average molecular weight is 491 g/mol. The molecule has 0 saturated carbocycles. The standard InChI is InChI=1S/C20H19Cl2F3N4OS/c1-2-29-16(13(21)9-28-29)15-14(17(19(27)30)31-18(15)22)11(8-26)6-10-4-3-5-12(7-10)20(23,24)25/h3-5,7,9,11H,2,6,8,26H2,1H3,(H2,27,30)/t11-/m1/s1. The lowest BCUT2D eigenvalue weighted by Gasteiger charge is -2.19. The first-order valence-corrected chi connectivity index (χ1v) is 10.9. The number of hydrogen-bond donors (Lipinski definition) is 2. The number of alkyl halides is 3. The molecule has 1 amide bonds. The number of benzene rings is 1. The minimum atomic E-state index is -4.47. The smallest absolute Gasteiger partial charge is 0.365 e. The van der Waals surface area contributed by atoms with E-state index >= 15 is 0 Å². The van der Waals surface area contributed by atoms with Crippen LogP contribution in [0.3, 0.4) is 0 Å². The van der Waals surface area contributed by atoms with Crippen molar-refractivity contribution in [3.05, 3.63) is 61.4 Å². The number of primary amides is 1. The molecule has 0 unspecified atom stereocenters. The third kappa shape index (κ3) is 4.74. The molecule has 0 radical (unpaired) electrons. The minimum Gasteiger partial charge on any atom is -0.365 e. The summed E-state index contributed by atoms with van der Waals surface area (Å²) in [7, 11) is 0. The van der Waals surface area contributed by atoms with Crippen molar-refractivity contribution in [1.29, 1.82) is 0 Å². The van der Waals surface area contributed by atoms with Crippen LogP contribution >= 0.6 is 34.5 Å². The zero-order chi connectivity index (χ0) is 22.9. The minimum absolute atomic E-state index is 0.0501. The molecular formula is C20H19Cl2F3N4OS. The molecular weight excluding hydrogens is 472 g/mol. The van der Waals surface area contributed by atoms with Crippen molar-refractivity contribution in [2.75, 3.05) is 6.54 Å². The molecule has 0 fully saturated rings. The second kappa shape index (κ2) is 9.20. The molecule has 2 aromatic heterocycles. The van der Waals surface area contributed by atoms with Gasteiger partial charge in [-0.1, -0.05) is 41.4 Å². The Bertz CT molecular complexity index is 1110. The monoisotopic (exact) mass is 490 g/mol. The third-order valence-electron chi connectivity index (χ3n) is 4.89. The van der Waals surface area contributed by atoms with Gasteiger partial charge in [0.25, 0.3) is 5.91 Å². The summed E-state index contributed by atoms with van der Waals surface area (Å²) in [4.78, 5) is 12.4. The van der Waals surface area contributed by atoms with Crippen LogP contribution in [0.4, 0.5) is 13.2 Å². The molecule has 4 N–H and O–H groups in total. The van der Waals surface area contributed by atoms with Crippen molar-refractivity contribution in [3.8, 4) is 11.3 Å². The maximum Gasteiger partial charge on any atom is 0.416 e. The highest BCUT2D eigenvalue weighted by atomic mass is 35.5. The topological polar surface area (TPSA) is 86.9 Å². The van der Waals surface area contributed by atoms with Crippen LogP contribution in [-0.4, -0.2) is 22.2 Å². The molecule has 0 saturated heterocycles. The van der Waals surface area contributed by atoms with Crippen molar-refractivity contribution < 1.29 is 18.0 Å². The molecule has 0 aliphatic rings. The number of halogens is 5. The second-order valence-electron chi connectivity index (χ2n) is 6.85. The van der Waals surface area contributed by atoms with Crippen LogP contribution in [0.2, 0.25) is 9.36 Å². The van der Waals surface area contributed by atoms with E-state index < -0.39 is 23.6 Å². The number of amides is 1. The first-order valence-electron chi connectivity index (χ1n) is 9.28. The van der Waals surface area contributed by atoms with Gasteiger partial charge in [0.15, 0.2) is 0 Å². The van der Waals surface area contributed by atoms with E-state index in [2.05, 4.69) is 5.10 Å². The lowest BCUT2D eigenvalue weighted by atomic mass is 9.88. The molecule has 0 aliphatic heterocycles. The van der Waals surface area contributed by atoms with E-state index in [0.717, 1.165) is 23.5 Å². The Morgan fingerprint density at radius 2 is 2.03 bits per heavy atom. The summed E-state index contributed by atoms with van der Waals surface area (Å²) in [5, 5.41) is 4.54. The first kappa shape index (κ1) is 23.6. The number of carbonyl (C=O) groups is 1. The van der Waals surface area contributed by atoms with Gasteiger partial charge in [0.05, 0.1) is 27.4 Å².